The van der Waals surface area contributed by atoms with E-state index in [1.165, 1.54) is 0 Å². The Kier molecular flexibility index (Phi) is 6.01. The first kappa shape index (κ1) is 17.7. The van der Waals surface area contributed by atoms with Crippen LogP contribution in [0.3, 0.4) is 0 Å². The lowest BCUT2D eigenvalue weighted by atomic mass is 10.2. The fourth-order valence-electron chi connectivity index (χ4n) is 2.28. The molecule has 1 heterocycles. The van der Waals surface area contributed by atoms with Crippen LogP contribution in [0.1, 0.15) is 11.1 Å². The molecule has 0 spiro atoms. The van der Waals surface area contributed by atoms with Crippen molar-refractivity contribution in [3.8, 4) is 0 Å². The summed E-state index contributed by atoms with van der Waals surface area (Å²) in [7, 11) is 0. The van der Waals surface area contributed by atoms with Gasteiger partial charge in [0.1, 0.15) is 12.4 Å². The molecule has 0 amide bonds. The highest BCUT2D eigenvalue weighted by Crippen LogP contribution is 2.12. The summed E-state index contributed by atoms with van der Waals surface area (Å²) in [5, 5.41) is 5.61. The first-order valence-electron chi connectivity index (χ1n) is 8.18. The highest BCUT2D eigenvalue weighted by atomic mass is 19.1. The number of nitrogens with one attached hydrogen (secondary N) is 2. The van der Waals surface area contributed by atoms with Crippen LogP contribution in [0.15, 0.2) is 89.8 Å². The second-order valence-electron chi connectivity index (χ2n) is 5.62. The van der Waals surface area contributed by atoms with Gasteiger partial charge in [-0.3, -0.25) is 0 Å². The lowest BCUT2D eigenvalue weighted by molar-refractivity contribution is 0.0271. The SMILES string of the molecule is C=C(NC1=C(F)C=NC(OCc2ccccc2)N1)OCc1ccccc1. The Balaban J connectivity index is 1.49. The van der Waals surface area contributed by atoms with Crippen molar-refractivity contribution < 1.29 is 13.9 Å². The number of rotatable bonds is 8. The molecule has 2 aromatic carbocycles. The molecule has 1 aliphatic heterocycles. The third-order valence-electron chi connectivity index (χ3n) is 3.60. The fourth-order valence-corrected chi connectivity index (χ4v) is 2.28. The van der Waals surface area contributed by atoms with Gasteiger partial charge in [-0.1, -0.05) is 60.7 Å². The van der Waals surface area contributed by atoms with Crippen LogP contribution >= 0.6 is 0 Å². The Morgan fingerprint density at radius 1 is 1.04 bits per heavy atom. The number of allylic oxidation sites excluding steroid dienone is 1. The topological polar surface area (TPSA) is 54.9 Å². The zero-order valence-corrected chi connectivity index (χ0v) is 14.2. The van der Waals surface area contributed by atoms with E-state index in [0.717, 1.165) is 17.3 Å². The number of hydrogen-bond donors (Lipinski definition) is 2. The summed E-state index contributed by atoms with van der Waals surface area (Å²) in [5.41, 5.74) is 2.00. The standard InChI is InChI=1S/C20H20FN3O2/c1-15(25-13-16-8-4-2-5-9-16)23-19-18(21)12-22-20(24-19)26-14-17-10-6-3-7-11-17/h2-12,20,23-24H,1,13-14H2. The molecule has 0 fully saturated rings. The number of halogens is 1. The molecular weight excluding hydrogens is 333 g/mol. The minimum atomic E-state index is -0.695. The second-order valence-corrected chi connectivity index (χ2v) is 5.62. The van der Waals surface area contributed by atoms with E-state index in [-0.39, 0.29) is 11.7 Å². The van der Waals surface area contributed by atoms with E-state index in [4.69, 9.17) is 9.47 Å². The first-order valence-corrected chi connectivity index (χ1v) is 8.18. The molecule has 26 heavy (non-hydrogen) atoms. The highest BCUT2D eigenvalue weighted by Gasteiger charge is 2.18. The molecule has 5 nitrogen and oxygen atoms in total. The van der Waals surface area contributed by atoms with Gasteiger partial charge in [-0.25, -0.2) is 9.38 Å². The molecular formula is C20H20FN3O2. The van der Waals surface area contributed by atoms with Gasteiger partial charge in [0.05, 0.1) is 12.8 Å². The molecule has 2 N–H and O–H groups in total. The molecule has 2 aromatic rings. The largest absolute Gasteiger partial charge is 0.475 e. The molecule has 0 bridgehead atoms. The maximum absolute atomic E-state index is 14.0. The van der Waals surface area contributed by atoms with E-state index in [9.17, 15) is 4.39 Å². The molecule has 0 aromatic heterocycles. The second kappa shape index (κ2) is 8.82. The van der Waals surface area contributed by atoms with E-state index < -0.39 is 12.2 Å². The zero-order chi connectivity index (χ0) is 18.2. The van der Waals surface area contributed by atoms with E-state index >= 15 is 0 Å². The predicted octanol–water partition coefficient (Wildman–Crippen LogP) is 3.58. The molecule has 0 aliphatic carbocycles. The van der Waals surface area contributed by atoms with Crippen molar-refractivity contribution in [3.05, 3.63) is 95.9 Å². The summed E-state index contributed by atoms with van der Waals surface area (Å²) in [6.45, 7) is 4.45. The van der Waals surface area contributed by atoms with E-state index in [2.05, 4.69) is 22.2 Å². The maximum Gasteiger partial charge on any atom is 0.227 e. The molecule has 3 rings (SSSR count). The smallest absolute Gasteiger partial charge is 0.227 e. The van der Waals surface area contributed by atoms with Crippen molar-refractivity contribution in [1.29, 1.82) is 0 Å². The molecule has 134 valence electrons. The Labute approximate surface area is 151 Å². The van der Waals surface area contributed by atoms with Crippen molar-refractivity contribution in [1.82, 2.24) is 10.6 Å². The Hall–Kier alpha value is -3.12. The van der Waals surface area contributed by atoms with E-state index in [1.54, 1.807) is 0 Å². The molecule has 0 radical (unpaired) electrons. The molecule has 0 saturated carbocycles. The quantitative estimate of drug-likeness (QED) is 0.713. The summed E-state index contributed by atoms with van der Waals surface area (Å²) in [5.74, 6) is -0.214. The summed E-state index contributed by atoms with van der Waals surface area (Å²) in [4.78, 5) is 3.97. The van der Waals surface area contributed by atoms with Gasteiger partial charge in [-0.15, -0.1) is 0 Å². The molecule has 1 aliphatic rings. The van der Waals surface area contributed by atoms with E-state index in [1.807, 2.05) is 60.7 Å². The van der Waals surface area contributed by atoms with Crippen LogP contribution < -0.4 is 10.6 Å². The third kappa shape index (κ3) is 5.19. The van der Waals surface area contributed by atoms with E-state index in [0.29, 0.717) is 13.2 Å². The zero-order valence-electron chi connectivity index (χ0n) is 14.2. The maximum atomic E-state index is 14.0. The van der Waals surface area contributed by atoms with Gasteiger partial charge in [0.25, 0.3) is 0 Å². The van der Waals surface area contributed by atoms with Crippen molar-refractivity contribution in [2.45, 2.75) is 19.6 Å². The van der Waals surface area contributed by atoms with Crippen molar-refractivity contribution in [2.75, 3.05) is 0 Å². The third-order valence-corrected chi connectivity index (χ3v) is 3.60. The first-order chi connectivity index (χ1) is 12.7. The Morgan fingerprint density at radius 2 is 1.65 bits per heavy atom. The van der Waals surface area contributed by atoms with Crippen molar-refractivity contribution in [2.24, 2.45) is 4.99 Å². The summed E-state index contributed by atoms with van der Waals surface area (Å²) in [6.07, 6.45) is 0.415. The van der Waals surface area contributed by atoms with Gasteiger partial charge >= 0.3 is 0 Å². The van der Waals surface area contributed by atoms with Gasteiger partial charge in [-0.2, -0.15) is 0 Å². The number of aliphatic imine (C=N–C) groups is 1. The minimum Gasteiger partial charge on any atom is -0.475 e. The molecule has 6 heteroatoms. The van der Waals surface area contributed by atoms with Gasteiger partial charge in [-0.05, 0) is 17.7 Å². The fraction of sp³-hybridized carbons (Fsp3) is 0.150. The van der Waals surface area contributed by atoms with Gasteiger partial charge in [0.2, 0.25) is 6.35 Å². The Morgan fingerprint density at radius 3 is 2.31 bits per heavy atom. The van der Waals surface area contributed by atoms with Crippen LogP contribution in [-0.4, -0.2) is 12.6 Å². The molecule has 1 atom stereocenters. The van der Waals surface area contributed by atoms with Crippen molar-refractivity contribution >= 4 is 6.21 Å². The molecule has 0 saturated heterocycles. The number of benzene rings is 2. The van der Waals surface area contributed by atoms with Gasteiger partial charge in [0.15, 0.2) is 11.7 Å². The lowest BCUT2D eigenvalue weighted by Crippen LogP contribution is -2.39. The average Bonchev–Trinajstić information content (AvgIpc) is 2.68. The normalized spacial score (nSPS) is 16.1. The van der Waals surface area contributed by atoms with Crippen LogP contribution in [0.25, 0.3) is 0 Å². The van der Waals surface area contributed by atoms with Crippen LogP contribution in [0.5, 0.6) is 0 Å². The lowest BCUT2D eigenvalue weighted by Gasteiger charge is -2.23. The van der Waals surface area contributed by atoms with Crippen LogP contribution in [0.4, 0.5) is 4.39 Å². The number of ether oxygens (including phenoxy) is 2. The van der Waals surface area contributed by atoms with Gasteiger partial charge in [0, 0.05) is 0 Å². The summed E-state index contributed by atoms with van der Waals surface area (Å²) in [6, 6.07) is 19.3. The molecule has 1 unspecified atom stereocenters. The highest BCUT2D eigenvalue weighted by molar-refractivity contribution is 5.77. The van der Waals surface area contributed by atoms with Gasteiger partial charge < -0.3 is 20.1 Å². The minimum absolute atomic E-state index is 0.108. The number of nitrogens with zero attached hydrogens (tertiary/aromatic N) is 1. The van der Waals surface area contributed by atoms with Crippen molar-refractivity contribution in [3.63, 3.8) is 0 Å². The summed E-state index contributed by atoms with van der Waals surface area (Å²) >= 11 is 0. The number of hydrogen-bond acceptors (Lipinski definition) is 5. The Bertz CT molecular complexity index is 791. The predicted molar refractivity (Wildman–Crippen MR) is 98.3 cm³/mol. The van der Waals surface area contributed by atoms with Crippen LogP contribution in [0, 0.1) is 0 Å². The monoisotopic (exact) mass is 353 g/mol. The summed E-state index contributed by atoms with van der Waals surface area (Å²) < 4.78 is 25.1. The van der Waals surface area contributed by atoms with Crippen LogP contribution in [-0.2, 0) is 22.7 Å². The average molecular weight is 353 g/mol. The van der Waals surface area contributed by atoms with Crippen LogP contribution in [0.2, 0.25) is 0 Å².